The molecular weight excluding hydrogens is 370 g/mol. The van der Waals surface area contributed by atoms with E-state index in [9.17, 15) is 19.7 Å². The average Bonchev–Trinajstić information content (AvgIpc) is 2.95. The lowest BCUT2D eigenvalue weighted by Gasteiger charge is -2.08. The molecule has 1 aromatic heterocycles. The van der Waals surface area contributed by atoms with Crippen molar-refractivity contribution in [1.82, 2.24) is 10.9 Å². The Morgan fingerprint density at radius 2 is 1.85 bits per heavy atom. The minimum absolute atomic E-state index is 0.0617. The molecule has 0 bridgehead atoms. The van der Waals surface area contributed by atoms with E-state index >= 15 is 0 Å². The summed E-state index contributed by atoms with van der Waals surface area (Å²) in [7, 11) is 0. The fourth-order valence-corrected chi connectivity index (χ4v) is 3.97. The van der Waals surface area contributed by atoms with Gasteiger partial charge >= 0.3 is 0 Å². The lowest BCUT2D eigenvalue weighted by molar-refractivity contribution is -0.384. The number of ether oxygens (including phenoxy) is 1. The molecule has 2 N–H and O–H groups in total. The lowest BCUT2D eigenvalue weighted by Crippen LogP contribution is -2.43. The van der Waals surface area contributed by atoms with Crippen molar-refractivity contribution in [3.63, 3.8) is 0 Å². The highest BCUT2D eigenvalue weighted by molar-refractivity contribution is 7.14. The van der Waals surface area contributed by atoms with Crippen molar-refractivity contribution in [1.29, 1.82) is 0 Å². The number of non-ortho nitro benzene ring substituents is 1. The molecule has 27 heavy (non-hydrogen) atoms. The number of carbonyl (C=O) groups is 2. The van der Waals surface area contributed by atoms with Gasteiger partial charge in [-0.05, 0) is 49.4 Å². The molecule has 0 fully saturated rings. The van der Waals surface area contributed by atoms with Crippen molar-refractivity contribution in [3.05, 3.63) is 55.8 Å². The smallest absolute Gasteiger partial charge is 0.279 e. The third-order valence-corrected chi connectivity index (χ3v) is 5.44. The van der Waals surface area contributed by atoms with Crippen LogP contribution < -0.4 is 15.6 Å². The quantitative estimate of drug-likeness (QED) is 0.464. The van der Waals surface area contributed by atoms with Gasteiger partial charge in [0, 0.05) is 17.0 Å². The number of fused-ring (bicyclic) bond motifs is 1. The Balaban J connectivity index is 1.46. The topological polar surface area (TPSA) is 111 Å². The molecule has 0 spiro atoms. The number of rotatable bonds is 5. The molecule has 0 aliphatic heterocycles. The molecule has 1 heterocycles. The summed E-state index contributed by atoms with van der Waals surface area (Å²) >= 11 is 1.47. The molecule has 9 heteroatoms. The van der Waals surface area contributed by atoms with Crippen LogP contribution in [0.1, 0.15) is 39.4 Å². The van der Waals surface area contributed by atoms with Gasteiger partial charge in [0.05, 0.1) is 9.80 Å². The maximum absolute atomic E-state index is 12.2. The summed E-state index contributed by atoms with van der Waals surface area (Å²) in [5.74, 6) is -0.555. The number of aryl methyl sites for hydroxylation is 2. The second kappa shape index (κ2) is 8.63. The van der Waals surface area contributed by atoms with Gasteiger partial charge in [-0.2, -0.15) is 0 Å². The molecular formula is C18H19N3O5S. The predicted octanol–water partition coefficient (Wildman–Crippen LogP) is 2.77. The zero-order valence-electron chi connectivity index (χ0n) is 14.5. The van der Waals surface area contributed by atoms with Crippen LogP contribution in [0, 0.1) is 10.1 Å². The van der Waals surface area contributed by atoms with Crippen LogP contribution in [0.15, 0.2) is 30.3 Å². The van der Waals surface area contributed by atoms with Gasteiger partial charge in [0.25, 0.3) is 17.5 Å². The van der Waals surface area contributed by atoms with Crippen molar-refractivity contribution in [2.24, 2.45) is 0 Å². The number of nitrogens with zero attached hydrogens (tertiary/aromatic N) is 1. The molecule has 1 aliphatic carbocycles. The van der Waals surface area contributed by atoms with Crippen LogP contribution in [0.25, 0.3) is 0 Å². The molecule has 0 saturated heterocycles. The molecule has 2 amide bonds. The Hall–Kier alpha value is -2.94. The number of benzene rings is 1. The molecule has 0 atom stereocenters. The summed E-state index contributed by atoms with van der Waals surface area (Å²) in [6, 6.07) is 7.29. The molecule has 2 aromatic rings. The fraction of sp³-hybridized carbons (Fsp3) is 0.333. The Morgan fingerprint density at radius 1 is 1.11 bits per heavy atom. The molecule has 3 rings (SSSR count). The largest absolute Gasteiger partial charge is 0.484 e. The van der Waals surface area contributed by atoms with E-state index in [-0.39, 0.29) is 18.2 Å². The van der Waals surface area contributed by atoms with E-state index in [2.05, 4.69) is 10.9 Å². The number of nitro groups is 1. The van der Waals surface area contributed by atoms with Gasteiger partial charge < -0.3 is 4.74 Å². The van der Waals surface area contributed by atoms with E-state index in [1.165, 1.54) is 52.5 Å². The first-order valence-corrected chi connectivity index (χ1v) is 9.42. The number of nitro benzene ring substituents is 1. The van der Waals surface area contributed by atoms with Crippen LogP contribution >= 0.6 is 11.3 Å². The highest BCUT2D eigenvalue weighted by Crippen LogP contribution is 2.28. The number of hydrazine groups is 1. The standard InChI is InChI=1S/C18H19N3O5S/c22-17(11-26-14-8-6-13(7-9-14)21(24)25)19-20-18(23)16-10-12-4-2-1-3-5-15(12)27-16/h6-10H,1-5,11H2,(H,19,22)(H,20,23). The van der Waals surface area contributed by atoms with Gasteiger partial charge in [0.1, 0.15) is 5.75 Å². The highest BCUT2D eigenvalue weighted by Gasteiger charge is 2.17. The number of amides is 2. The first kappa shape index (κ1) is 18.8. The summed E-state index contributed by atoms with van der Waals surface area (Å²) in [6.07, 6.45) is 5.50. The van der Waals surface area contributed by atoms with Gasteiger partial charge in [-0.15, -0.1) is 11.3 Å². The number of carbonyl (C=O) groups excluding carboxylic acids is 2. The molecule has 0 saturated carbocycles. The third kappa shape index (κ3) is 5.04. The van der Waals surface area contributed by atoms with Gasteiger partial charge in [-0.1, -0.05) is 6.42 Å². The van der Waals surface area contributed by atoms with E-state index in [4.69, 9.17) is 4.74 Å². The van der Waals surface area contributed by atoms with Crippen molar-refractivity contribution in [3.8, 4) is 5.75 Å². The zero-order chi connectivity index (χ0) is 19.2. The maximum atomic E-state index is 12.2. The van der Waals surface area contributed by atoms with Crippen LogP contribution in [0.4, 0.5) is 5.69 Å². The minimum atomic E-state index is -0.528. The number of nitrogens with one attached hydrogen (secondary N) is 2. The molecule has 0 unspecified atom stereocenters. The number of thiophene rings is 1. The Morgan fingerprint density at radius 3 is 2.59 bits per heavy atom. The van der Waals surface area contributed by atoms with E-state index in [0.717, 1.165) is 25.7 Å². The first-order chi connectivity index (χ1) is 13.0. The van der Waals surface area contributed by atoms with Crippen molar-refractivity contribution < 1.29 is 19.2 Å². The molecule has 0 radical (unpaired) electrons. The van der Waals surface area contributed by atoms with E-state index in [1.54, 1.807) is 0 Å². The van der Waals surface area contributed by atoms with E-state index < -0.39 is 10.8 Å². The fourth-order valence-electron chi connectivity index (χ4n) is 2.82. The van der Waals surface area contributed by atoms with E-state index in [1.807, 2.05) is 6.07 Å². The lowest BCUT2D eigenvalue weighted by atomic mass is 10.1. The van der Waals surface area contributed by atoms with Crippen molar-refractivity contribution in [2.75, 3.05) is 6.61 Å². The average molecular weight is 389 g/mol. The van der Waals surface area contributed by atoms with Gasteiger partial charge in [-0.3, -0.25) is 30.6 Å². The summed E-state index contributed by atoms with van der Waals surface area (Å²) < 4.78 is 5.24. The normalized spacial score (nSPS) is 13.2. The minimum Gasteiger partial charge on any atom is -0.484 e. The zero-order valence-corrected chi connectivity index (χ0v) is 15.3. The van der Waals surface area contributed by atoms with Crippen LogP contribution in [0.5, 0.6) is 5.75 Å². The number of hydrogen-bond acceptors (Lipinski definition) is 6. The maximum Gasteiger partial charge on any atom is 0.279 e. The second-order valence-electron chi connectivity index (χ2n) is 6.16. The Kier molecular flexibility index (Phi) is 6.02. The second-order valence-corrected chi connectivity index (χ2v) is 7.30. The van der Waals surface area contributed by atoms with Gasteiger partial charge in [0.15, 0.2) is 6.61 Å². The monoisotopic (exact) mass is 389 g/mol. The summed E-state index contributed by atoms with van der Waals surface area (Å²) in [5.41, 5.74) is 5.87. The third-order valence-electron chi connectivity index (χ3n) is 4.20. The molecule has 1 aromatic carbocycles. The SMILES string of the molecule is O=C(COc1ccc([N+](=O)[O-])cc1)NNC(=O)c1cc2c(s1)CCCCC2. The summed E-state index contributed by atoms with van der Waals surface area (Å²) in [4.78, 5) is 35.9. The van der Waals surface area contributed by atoms with E-state index in [0.29, 0.717) is 10.6 Å². The highest BCUT2D eigenvalue weighted by atomic mass is 32.1. The van der Waals surface area contributed by atoms with Gasteiger partial charge in [-0.25, -0.2) is 0 Å². The number of hydrogen-bond donors (Lipinski definition) is 2. The predicted molar refractivity (Wildman–Crippen MR) is 99.8 cm³/mol. The van der Waals surface area contributed by atoms with Crippen LogP contribution in [0.3, 0.4) is 0 Å². The molecule has 8 nitrogen and oxygen atoms in total. The molecule has 142 valence electrons. The van der Waals surface area contributed by atoms with Crippen molar-refractivity contribution in [2.45, 2.75) is 32.1 Å². The Bertz CT molecular complexity index is 824. The summed E-state index contributed by atoms with van der Waals surface area (Å²) in [6.45, 7) is -0.320. The summed E-state index contributed by atoms with van der Waals surface area (Å²) in [5, 5.41) is 10.6. The van der Waals surface area contributed by atoms with Crippen LogP contribution in [-0.4, -0.2) is 23.3 Å². The van der Waals surface area contributed by atoms with Gasteiger partial charge in [0.2, 0.25) is 0 Å². The first-order valence-electron chi connectivity index (χ1n) is 8.61. The van der Waals surface area contributed by atoms with Crippen LogP contribution in [-0.2, 0) is 17.6 Å². The van der Waals surface area contributed by atoms with Crippen LogP contribution in [0.2, 0.25) is 0 Å². The van der Waals surface area contributed by atoms with Crippen molar-refractivity contribution >= 4 is 28.8 Å². The molecule has 1 aliphatic rings. The Labute approximate surface area is 159 Å².